The molecular formula is C16H21N3O2. The molecule has 5 heteroatoms. The number of aromatic nitrogens is 1. The van der Waals surface area contributed by atoms with Gasteiger partial charge in [0, 0.05) is 44.0 Å². The number of likely N-dealkylation sites (tertiary alicyclic amines) is 1. The number of rotatable bonds is 2. The summed E-state index contributed by atoms with van der Waals surface area (Å²) in [5.74, 6) is 0.192. The largest absolute Gasteiger partial charge is 0.348 e. The lowest BCUT2D eigenvalue weighted by Crippen LogP contribution is -2.44. The first kappa shape index (κ1) is 12.9. The first-order valence-corrected chi connectivity index (χ1v) is 7.90. The Morgan fingerprint density at radius 3 is 2.86 bits per heavy atom. The summed E-state index contributed by atoms with van der Waals surface area (Å²) < 4.78 is 2.21. The number of hydrogen-bond donors (Lipinski definition) is 0. The maximum absolute atomic E-state index is 12.8. The third kappa shape index (κ3) is 2.06. The zero-order valence-corrected chi connectivity index (χ0v) is 12.4. The highest BCUT2D eigenvalue weighted by molar-refractivity contribution is 5.89. The molecular weight excluding hydrogens is 266 g/mol. The van der Waals surface area contributed by atoms with Gasteiger partial charge in [0.05, 0.1) is 12.0 Å². The molecule has 1 aliphatic carbocycles. The molecule has 112 valence electrons. The van der Waals surface area contributed by atoms with Crippen LogP contribution in [0.15, 0.2) is 18.3 Å². The zero-order valence-electron chi connectivity index (χ0n) is 12.4. The van der Waals surface area contributed by atoms with Crippen LogP contribution in [0.1, 0.15) is 37.9 Å². The van der Waals surface area contributed by atoms with Crippen LogP contribution < -0.4 is 0 Å². The van der Waals surface area contributed by atoms with Gasteiger partial charge >= 0.3 is 0 Å². The van der Waals surface area contributed by atoms with Crippen LogP contribution in [0, 0.1) is 5.92 Å². The van der Waals surface area contributed by atoms with Crippen molar-refractivity contribution in [3.8, 4) is 0 Å². The molecule has 3 heterocycles. The Labute approximate surface area is 124 Å². The molecule has 0 spiro atoms. The second kappa shape index (κ2) is 4.61. The van der Waals surface area contributed by atoms with Gasteiger partial charge in [0.1, 0.15) is 0 Å². The van der Waals surface area contributed by atoms with E-state index in [4.69, 9.17) is 0 Å². The number of amides is 2. The monoisotopic (exact) mass is 287 g/mol. The lowest BCUT2D eigenvalue weighted by Gasteiger charge is -2.36. The molecule has 0 radical (unpaired) electrons. The topological polar surface area (TPSA) is 45.6 Å². The average molecular weight is 287 g/mol. The van der Waals surface area contributed by atoms with E-state index in [1.54, 1.807) is 0 Å². The maximum Gasteiger partial charge on any atom is 0.228 e. The Hall–Kier alpha value is -1.78. The zero-order chi connectivity index (χ0) is 14.6. The van der Waals surface area contributed by atoms with Gasteiger partial charge in [0.25, 0.3) is 0 Å². The van der Waals surface area contributed by atoms with Crippen molar-refractivity contribution in [2.75, 3.05) is 13.1 Å². The van der Waals surface area contributed by atoms with E-state index in [1.807, 2.05) is 15.9 Å². The van der Waals surface area contributed by atoms with Crippen molar-refractivity contribution in [2.45, 2.75) is 44.8 Å². The van der Waals surface area contributed by atoms with Gasteiger partial charge in [-0.15, -0.1) is 0 Å². The highest BCUT2D eigenvalue weighted by Crippen LogP contribution is 2.35. The minimum Gasteiger partial charge on any atom is -0.348 e. The van der Waals surface area contributed by atoms with E-state index in [0.29, 0.717) is 19.0 Å². The van der Waals surface area contributed by atoms with Crippen LogP contribution in [0.3, 0.4) is 0 Å². The van der Waals surface area contributed by atoms with E-state index >= 15 is 0 Å². The molecule has 2 amide bonds. The van der Waals surface area contributed by atoms with Gasteiger partial charge in [-0.25, -0.2) is 0 Å². The van der Waals surface area contributed by atoms with Crippen molar-refractivity contribution in [1.82, 2.24) is 14.4 Å². The highest BCUT2D eigenvalue weighted by Gasteiger charge is 2.43. The van der Waals surface area contributed by atoms with Crippen molar-refractivity contribution in [2.24, 2.45) is 5.92 Å². The van der Waals surface area contributed by atoms with Crippen LogP contribution in [-0.4, -0.2) is 45.3 Å². The molecule has 4 rings (SSSR count). The van der Waals surface area contributed by atoms with Crippen molar-refractivity contribution >= 4 is 11.8 Å². The van der Waals surface area contributed by atoms with Crippen molar-refractivity contribution in [3.05, 3.63) is 24.0 Å². The van der Waals surface area contributed by atoms with E-state index in [9.17, 15) is 9.59 Å². The first-order chi connectivity index (χ1) is 10.1. The van der Waals surface area contributed by atoms with Gasteiger partial charge < -0.3 is 14.4 Å². The molecule has 0 N–H and O–H groups in total. The molecule has 2 unspecified atom stereocenters. The molecule has 1 aromatic heterocycles. The van der Waals surface area contributed by atoms with Crippen molar-refractivity contribution in [3.63, 3.8) is 0 Å². The van der Waals surface area contributed by atoms with Crippen LogP contribution in [0.5, 0.6) is 0 Å². The number of nitrogens with zero attached hydrogens (tertiary/aromatic N) is 3. The molecule has 21 heavy (non-hydrogen) atoms. The van der Waals surface area contributed by atoms with Crippen LogP contribution >= 0.6 is 0 Å². The van der Waals surface area contributed by atoms with E-state index in [-0.39, 0.29) is 23.8 Å². The second-order valence-corrected chi connectivity index (χ2v) is 6.51. The van der Waals surface area contributed by atoms with E-state index in [1.165, 1.54) is 5.69 Å². The summed E-state index contributed by atoms with van der Waals surface area (Å²) in [5, 5.41) is 0. The van der Waals surface area contributed by atoms with Gasteiger partial charge in [0.2, 0.25) is 11.8 Å². The summed E-state index contributed by atoms with van der Waals surface area (Å²) in [7, 11) is 0. The molecule has 1 aromatic rings. The third-order valence-corrected chi connectivity index (χ3v) is 5.12. The number of carbonyl (C=O) groups excluding carboxylic acids is 2. The van der Waals surface area contributed by atoms with Gasteiger partial charge in [-0.1, -0.05) is 0 Å². The molecule has 2 fully saturated rings. The van der Waals surface area contributed by atoms with Gasteiger partial charge in [0.15, 0.2) is 0 Å². The fraction of sp³-hybridized carbons (Fsp3) is 0.625. The molecule has 0 aromatic carbocycles. The fourth-order valence-electron chi connectivity index (χ4n) is 3.75. The predicted molar refractivity (Wildman–Crippen MR) is 77.4 cm³/mol. The quantitative estimate of drug-likeness (QED) is 0.825. The summed E-state index contributed by atoms with van der Waals surface area (Å²) in [5.41, 5.74) is 1.19. The van der Waals surface area contributed by atoms with Crippen molar-refractivity contribution < 1.29 is 9.59 Å². The van der Waals surface area contributed by atoms with Crippen molar-refractivity contribution in [1.29, 1.82) is 0 Å². The molecule has 5 nitrogen and oxygen atoms in total. The standard InChI is InChI=1S/C16H21N3O2/c1-11-14-3-2-6-17(14)7-8-18(11)16(21)12-9-15(20)19(10-12)13-4-5-13/h2-3,6,11-13H,4-5,7-10H2,1H3. The Kier molecular flexibility index (Phi) is 2.84. The third-order valence-electron chi connectivity index (χ3n) is 5.12. The summed E-state index contributed by atoms with van der Waals surface area (Å²) in [6.45, 7) is 4.31. The van der Waals surface area contributed by atoms with Crippen LogP contribution in [0.25, 0.3) is 0 Å². The SMILES string of the molecule is CC1c2cccn2CCN1C(=O)C1CC(=O)N(C2CC2)C1. The Bertz CT molecular complexity index is 590. The smallest absolute Gasteiger partial charge is 0.228 e. The number of carbonyl (C=O) groups is 2. The summed E-state index contributed by atoms with van der Waals surface area (Å²) in [6.07, 6.45) is 4.70. The fourth-order valence-corrected chi connectivity index (χ4v) is 3.75. The molecule has 0 bridgehead atoms. The lowest BCUT2D eigenvalue weighted by atomic mass is 10.0. The second-order valence-electron chi connectivity index (χ2n) is 6.51. The Morgan fingerprint density at radius 2 is 2.10 bits per heavy atom. The average Bonchev–Trinajstić information content (AvgIpc) is 3.06. The van der Waals surface area contributed by atoms with Gasteiger partial charge in [-0.05, 0) is 31.9 Å². The number of hydrogen-bond acceptors (Lipinski definition) is 2. The van der Waals surface area contributed by atoms with Gasteiger partial charge in [-0.2, -0.15) is 0 Å². The summed E-state index contributed by atoms with van der Waals surface area (Å²) >= 11 is 0. The van der Waals surface area contributed by atoms with E-state index < -0.39 is 0 Å². The van der Waals surface area contributed by atoms with E-state index in [0.717, 1.165) is 25.9 Å². The molecule has 2 atom stereocenters. The predicted octanol–water partition coefficient (Wildman–Crippen LogP) is 1.40. The molecule has 2 aliphatic heterocycles. The Balaban J connectivity index is 1.49. The summed E-state index contributed by atoms with van der Waals surface area (Å²) in [4.78, 5) is 28.7. The van der Waals surface area contributed by atoms with Crippen LogP contribution in [0.2, 0.25) is 0 Å². The minimum absolute atomic E-state index is 0.103. The highest BCUT2D eigenvalue weighted by atomic mass is 16.2. The molecule has 3 aliphatic rings. The molecule has 1 saturated carbocycles. The lowest BCUT2D eigenvalue weighted by molar-refractivity contribution is -0.139. The normalized spacial score (nSPS) is 28.9. The number of fused-ring (bicyclic) bond motifs is 1. The summed E-state index contributed by atoms with van der Waals surface area (Å²) in [6, 6.07) is 4.64. The van der Waals surface area contributed by atoms with Crippen LogP contribution in [-0.2, 0) is 16.1 Å². The van der Waals surface area contributed by atoms with Gasteiger partial charge in [-0.3, -0.25) is 9.59 Å². The maximum atomic E-state index is 12.8. The Morgan fingerprint density at radius 1 is 1.29 bits per heavy atom. The van der Waals surface area contributed by atoms with E-state index in [2.05, 4.69) is 23.8 Å². The first-order valence-electron chi connectivity index (χ1n) is 7.90. The molecule has 1 saturated heterocycles. The minimum atomic E-state index is -0.137. The van der Waals surface area contributed by atoms with Crippen LogP contribution in [0.4, 0.5) is 0 Å².